The lowest BCUT2D eigenvalue weighted by atomic mass is 9.92. The first-order chi connectivity index (χ1) is 9.06. The summed E-state index contributed by atoms with van der Waals surface area (Å²) < 4.78 is 1.04. The quantitative estimate of drug-likeness (QED) is 0.885. The smallest absolute Gasteiger partial charge is 0.317 e. The van der Waals surface area contributed by atoms with Gasteiger partial charge in [0.25, 0.3) is 0 Å². The molecule has 1 aromatic rings. The maximum atomic E-state index is 12.2. The molecule has 0 saturated carbocycles. The van der Waals surface area contributed by atoms with E-state index in [1.54, 1.807) is 0 Å². The number of hydrogen-bond acceptors (Lipinski definition) is 1. The van der Waals surface area contributed by atoms with Crippen LogP contribution in [0, 0.1) is 11.8 Å². The van der Waals surface area contributed by atoms with Crippen LogP contribution in [-0.4, -0.2) is 24.0 Å². The zero-order chi connectivity index (χ0) is 13.8. The van der Waals surface area contributed by atoms with Crippen LogP contribution >= 0.6 is 15.9 Å². The lowest BCUT2D eigenvalue weighted by molar-refractivity contribution is 0.146. The molecular formula is C15H21BrN2O. The largest absolute Gasteiger partial charge is 0.334 e. The van der Waals surface area contributed by atoms with E-state index in [0.717, 1.165) is 23.1 Å². The van der Waals surface area contributed by atoms with Crippen molar-refractivity contribution in [2.24, 2.45) is 11.8 Å². The predicted molar refractivity (Wildman–Crippen MR) is 80.9 cm³/mol. The first-order valence-corrected chi connectivity index (χ1v) is 7.61. The molecule has 3 nitrogen and oxygen atoms in total. The van der Waals surface area contributed by atoms with Gasteiger partial charge in [-0.2, -0.15) is 0 Å². The molecule has 4 heteroatoms. The molecule has 1 N–H and O–H groups in total. The van der Waals surface area contributed by atoms with Crippen molar-refractivity contribution in [3.63, 3.8) is 0 Å². The second-order valence-electron chi connectivity index (χ2n) is 5.60. The summed E-state index contributed by atoms with van der Waals surface area (Å²) in [7, 11) is 0. The molecule has 104 valence electrons. The average Bonchev–Trinajstić information content (AvgIpc) is 2.36. The standard InChI is InChI=1S/C15H21BrN2O/c1-11-7-12(2)10-18(9-11)15(19)17-8-13-5-3-4-6-14(13)16/h3-6,11-12H,7-10H2,1-2H3,(H,17,19). The van der Waals surface area contributed by atoms with Crippen molar-refractivity contribution >= 4 is 22.0 Å². The Morgan fingerprint density at radius 2 is 1.95 bits per heavy atom. The van der Waals surface area contributed by atoms with E-state index in [1.165, 1.54) is 6.42 Å². The Balaban J connectivity index is 1.89. The third kappa shape index (κ3) is 3.96. The van der Waals surface area contributed by atoms with Crippen LogP contribution in [0.2, 0.25) is 0 Å². The van der Waals surface area contributed by atoms with Crippen molar-refractivity contribution in [1.29, 1.82) is 0 Å². The first-order valence-electron chi connectivity index (χ1n) is 6.82. The van der Waals surface area contributed by atoms with E-state index in [0.29, 0.717) is 18.4 Å². The van der Waals surface area contributed by atoms with Gasteiger partial charge in [0.2, 0.25) is 0 Å². The lowest BCUT2D eigenvalue weighted by Crippen LogP contribution is -2.47. The summed E-state index contributed by atoms with van der Waals surface area (Å²) in [6, 6.07) is 8.02. The topological polar surface area (TPSA) is 32.3 Å². The van der Waals surface area contributed by atoms with Crippen molar-refractivity contribution in [3.05, 3.63) is 34.3 Å². The van der Waals surface area contributed by atoms with E-state index in [2.05, 4.69) is 35.1 Å². The number of amides is 2. The van der Waals surface area contributed by atoms with Crippen molar-refractivity contribution in [2.45, 2.75) is 26.8 Å². The second kappa shape index (κ2) is 6.42. The molecular weight excluding hydrogens is 304 g/mol. The van der Waals surface area contributed by atoms with Gasteiger partial charge in [-0.15, -0.1) is 0 Å². The van der Waals surface area contributed by atoms with E-state index in [9.17, 15) is 4.79 Å². The van der Waals surface area contributed by atoms with E-state index in [4.69, 9.17) is 0 Å². The van der Waals surface area contributed by atoms with Crippen LogP contribution in [-0.2, 0) is 6.54 Å². The Morgan fingerprint density at radius 1 is 1.32 bits per heavy atom. The number of carbonyl (C=O) groups excluding carboxylic acids is 1. The van der Waals surface area contributed by atoms with Gasteiger partial charge in [0, 0.05) is 24.1 Å². The van der Waals surface area contributed by atoms with Crippen LogP contribution in [0.5, 0.6) is 0 Å². The molecule has 1 aromatic carbocycles. The molecule has 2 atom stereocenters. The molecule has 2 rings (SSSR count). The summed E-state index contributed by atoms with van der Waals surface area (Å²) in [5.74, 6) is 1.19. The number of halogens is 1. The molecule has 2 amide bonds. The molecule has 1 saturated heterocycles. The molecule has 1 heterocycles. The number of piperidine rings is 1. The summed E-state index contributed by atoms with van der Waals surface area (Å²) in [4.78, 5) is 14.1. The minimum Gasteiger partial charge on any atom is -0.334 e. The van der Waals surface area contributed by atoms with Gasteiger partial charge in [0.1, 0.15) is 0 Å². The molecule has 0 spiro atoms. The van der Waals surface area contributed by atoms with Gasteiger partial charge >= 0.3 is 6.03 Å². The zero-order valence-corrected chi connectivity index (χ0v) is 13.1. The molecule has 1 aliphatic heterocycles. The average molecular weight is 325 g/mol. The normalized spacial score (nSPS) is 23.2. The van der Waals surface area contributed by atoms with E-state index in [1.807, 2.05) is 29.2 Å². The molecule has 19 heavy (non-hydrogen) atoms. The molecule has 0 radical (unpaired) electrons. The molecule has 2 unspecified atom stereocenters. The zero-order valence-electron chi connectivity index (χ0n) is 11.5. The minimum atomic E-state index is 0.0501. The predicted octanol–water partition coefficient (Wildman–Crippen LogP) is 3.64. The number of hydrogen-bond donors (Lipinski definition) is 1. The Labute approximate surface area is 123 Å². The van der Waals surface area contributed by atoms with E-state index < -0.39 is 0 Å². The molecule has 0 aromatic heterocycles. The first kappa shape index (κ1) is 14.4. The fourth-order valence-electron chi connectivity index (χ4n) is 2.75. The summed E-state index contributed by atoms with van der Waals surface area (Å²) in [5, 5.41) is 3.01. The Hall–Kier alpha value is -1.03. The van der Waals surface area contributed by atoms with Crippen molar-refractivity contribution in [1.82, 2.24) is 10.2 Å². The van der Waals surface area contributed by atoms with E-state index >= 15 is 0 Å². The fourth-order valence-corrected chi connectivity index (χ4v) is 3.18. The number of nitrogens with zero attached hydrogens (tertiary/aromatic N) is 1. The van der Waals surface area contributed by atoms with Gasteiger partial charge in [0.15, 0.2) is 0 Å². The highest BCUT2D eigenvalue weighted by Gasteiger charge is 2.25. The van der Waals surface area contributed by atoms with Crippen LogP contribution in [0.3, 0.4) is 0 Å². The second-order valence-corrected chi connectivity index (χ2v) is 6.46. The maximum Gasteiger partial charge on any atom is 0.317 e. The van der Waals surface area contributed by atoms with Gasteiger partial charge in [-0.1, -0.05) is 48.0 Å². The Kier molecular flexibility index (Phi) is 4.86. The van der Waals surface area contributed by atoms with Crippen LogP contribution in [0.1, 0.15) is 25.8 Å². The van der Waals surface area contributed by atoms with Crippen molar-refractivity contribution in [3.8, 4) is 0 Å². The van der Waals surface area contributed by atoms with Crippen molar-refractivity contribution < 1.29 is 4.79 Å². The minimum absolute atomic E-state index is 0.0501. The highest BCUT2D eigenvalue weighted by Crippen LogP contribution is 2.21. The number of urea groups is 1. The number of likely N-dealkylation sites (tertiary alicyclic amines) is 1. The van der Waals surface area contributed by atoms with Crippen LogP contribution in [0.25, 0.3) is 0 Å². The number of carbonyl (C=O) groups is 1. The summed E-state index contributed by atoms with van der Waals surface area (Å²) in [5.41, 5.74) is 1.11. The number of nitrogens with one attached hydrogen (secondary N) is 1. The Morgan fingerprint density at radius 3 is 2.58 bits per heavy atom. The fraction of sp³-hybridized carbons (Fsp3) is 0.533. The molecule has 0 bridgehead atoms. The highest BCUT2D eigenvalue weighted by atomic mass is 79.9. The lowest BCUT2D eigenvalue weighted by Gasteiger charge is -2.35. The monoisotopic (exact) mass is 324 g/mol. The van der Waals surface area contributed by atoms with E-state index in [-0.39, 0.29) is 6.03 Å². The molecule has 0 aliphatic carbocycles. The summed E-state index contributed by atoms with van der Waals surface area (Å²) in [6.07, 6.45) is 1.22. The Bertz CT molecular complexity index is 440. The highest BCUT2D eigenvalue weighted by molar-refractivity contribution is 9.10. The molecule has 1 fully saturated rings. The van der Waals surface area contributed by atoms with Crippen LogP contribution in [0.4, 0.5) is 4.79 Å². The van der Waals surface area contributed by atoms with Crippen molar-refractivity contribution in [2.75, 3.05) is 13.1 Å². The van der Waals surface area contributed by atoms with Gasteiger partial charge in [-0.05, 0) is 29.9 Å². The van der Waals surface area contributed by atoms with Gasteiger partial charge < -0.3 is 10.2 Å². The number of benzene rings is 1. The van der Waals surface area contributed by atoms with Crippen LogP contribution < -0.4 is 5.32 Å². The summed E-state index contributed by atoms with van der Waals surface area (Å²) >= 11 is 3.50. The third-order valence-corrected chi connectivity index (χ3v) is 4.32. The SMILES string of the molecule is CC1CC(C)CN(C(=O)NCc2ccccc2Br)C1. The van der Waals surface area contributed by atoms with Gasteiger partial charge in [-0.25, -0.2) is 4.79 Å². The van der Waals surface area contributed by atoms with Gasteiger partial charge in [-0.3, -0.25) is 0 Å². The maximum absolute atomic E-state index is 12.2. The van der Waals surface area contributed by atoms with Crippen LogP contribution in [0.15, 0.2) is 28.7 Å². The number of rotatable bonds is 2. The molecule has 1 aliphatic rings. The third-order valence-electron chi connectivity index (χ3n) is 3.54. The summed E-state index contributed by atoms with van der Waals surface area (Å²) in [6.45, 7) is 6.73. The van der Waals surface area contributed by atoms with Gasteiger partial charge in [0.05, 0.1) is 0 Å².